The number of piperazine rings is 1. The number of amides is 1. The largest absolute Gasteiger partial charge is 0.481 e. The van der Waals surface area contributed by atoms with E-state index < -0.39 is 6.10 Å². The van der Waals surface area contributed by atoms with Crippen molar-refractivity contribution in [2.45, 2.75) is 32.8 Å². The average molecular weight is 387 g/mol. The van der Waals surface area contributed by atoms with Crippen LogP contribution < -0.4 is 9.64 Å². The van der Waals surface area contributed by atoms with Crippen LogP contribution in [0.2, 0.25) is 5.02 Å². The molecular formula is C22H27ClN2O2. The second kappa shape index (κ2) is 8.66. The van der Waals surface area contributed by atoms with Crippen molar-refractivity contribution in [1.82, 2.24) is 4.90 Å². The summed E-state index contributed by atoms with van der Waals surface area (Å²) in [4.78, 5) is 17.0. The Hall–Kier alpha value is -2.20. The summed E-state index contributed by atoms with van der Waals surface area (Å²) in [6, 6.07) is 15.8. The Morgan fingerprint density at radius 2 is 1.70 bits per heavy atom. The van der Waals surface area contributed by atoms with E-state index in [1.165, 1.54) is 0 Å². The number of benzene rings is 2. The van der Waals surface area contributed by atoms with Crippen molar-refractivity contribution < 1.29 is 9.53 Å². The minimum absolute atomic E-state index is 0.0410. The molecule has 1 saturated heterocycles. The van der Waals surface area contributed by atoms with Gasteiger partial charge in [-0.2, -0.15) is 0 Å². The van der Waals surface area contributed by atoms with Crippen molar-refractivity contribution in [3.63, 3.8) is 0 Å². The van der Waals surface area contributed by atoms with Gasteiger partial charge in [0.05, 0.1) is 0 Å². The third-order valence-electron chi connectivity index (χ3n) is 4.96. The van der Waals surface area contributed by atoms with Gasteiger partial charge in [0.2, 0.25) is 0 Å². The van der Waals surface area contributed by atoms with Crippen LogP contribution in [0, 0.1) is 0 Å². The molecule has 144 valence electrons. The van der Waals surface area contributed by atoms with Gasteiger partial charge in [0.15, 0.2) is 6.10 Å². The second-order valence-corrected chi connectivity index (χ2v) is 7.68. The fraction of sp³-hybridized carbons (Fsp3) is 0.409. The lowest BCUT2D eigenvalue weighted by atomic mass is 10.0. The number of ether oxygens (including phenoxy) is 1. The first-order chi connectivity index (χ1) is 13.0. The summed E-state index contributed by atoms with van der Waals surface area (Å²) in [5.41, 5.74) is 2.23. The van der Waals surface area contributed by atoms with Gasteiger partial charge in [0, 0.05) is 36.9 Å². The molecule has 2 aromatic carbocycles. The first-order valence-electron chi connectivity index (χ1n) is 9.50. The Kier molecular flexibility index (Phi) is 6.27. The summed E-state index contributed by atoms with van der Waals surface area (Å²) < 4.78 is 6.03. The van der Waals surface area contributed by atoms with Crippen molar-refractivity contribution >= 4 is 23.2 Å². The van der Waals surface area contributed by atoms with E-state index >= 15 is 0 Å². The SMILES string of the molecule is CC(C)c1ccccc1O[C@@H](C)C(=O)N1CCN(c2cccc(Cl)c2)CC1. The predicted octanol–water partition coefficient (Wildman–Crippen LogP) is 4.58. The quantitative estimate of drug-likeness (QED) is 0.754. The highest BCUT2D eigenvalue weighted by Gasteiger charge is 2.26. The van der Waals surface area contributed by atoms with Crippen LogP contribution >= 0.6 is 11.6 Å². The lowest BCUT2D eigenvalue weighted by molar-refractivity contribution is -0.138. The summed E-state index contributed by atoms with van der Waals surface area (Å²) in [5.74, 6) is 1.19. The maximum Gasteiger partial charge on any atom is 0.263 e. The Balaban J connectivity index is 1.59. The van der Waals surface area contributed by atoms with Crippen LogP contribution in [0.4, 0.5) is 5.69 Å². The van der Waals surface area contributed by atoms with Gasteiger partial charge in [-0.05, 0) is 42.7 Å². The van der Waals surface area contributed by atoms with E-state index in [-0.39, 0.29) is 5.91 Å². The van der Waals surface area contributed by atoms with E-state index in [1.807, 2.05) is 48.2 Å². The summed E-state index contributed by atoms with van der Waals surface area (Å²) >= 11 is 6.09. The smallest absolute Gasteiger partial charge is 0.263 e. The van der Waals surface area contributed by atoms with Crippen molar-refractivity contribution in [3.8, 4) is 5.75 Å². The molecule has 1 aliphatic rings. The Morgan fingerprint density at radius 3 is 2.37 bits per heavy atom. The minimum atomic E-state index is -0.498. The van der Waals surface area contributed by atoms with Crippen LogP contribution in [-0.4, -0.2) is 43.1 Å². The van der Waals surface area contributed by atoms with Crippen LogP contribution in [-0.2, 0) is 4.79 Å². The van der Waals surface area contributed by atoms with Gasteiger partial charge in [0.1, 0.15) is 5.75 Å². The molecule has 0 bridgehead atoms. The molecule has 0 aromatic heterocycles. The van der Waals surface area contributed by atoms with Crippen molar-refractivity contribution in [3.05, 3.63) is 59.1 Å². The summed E-state index contributed by atoms with van der Waals surface area (Å²) in [6.45, 7) is 9.05. The van der Waals surface area contributed by atoms with Gasteiger partial charge < -0.3 is 14.5 Å². The molecule has 1 amide bonds. The highest BCUT2D eigenvalue weighted by atomic mass is 35.5. The third-order valence-corrected chi connectivity index (χ3v) is 5.19. The monoisotopic (exact) mass is 386 g/mol. The number of halogens is 1. The molecule has 27 heavy (non-hydrogen) atoms. The number of carbonyl (C=O) groups excluding carboxylic acids is 1. The zero-order valence-electron chi connectivity index (χ0n) is 16.2. The molecule has 0 unspecified atom stereocenters. The van der Waals surface area contributed by atoms with Crippen LogP contribution in [0.25, 0.3) is 0 Å². The molecule has 0 N–H and O–H groups in total. The number of nitrogens with zero attached hydrogens (tertiary/aromatic N) is 2. The Labute approximate surface area is 166 Å². The predicted molar refractivity (Wildman–Crippen MR) is 111 cm³/mol. The maximum absolute atomic E-state index is 12.8. The molecular weight excluding hydrogens is 360 g/mol. The normalized spacial score (nSPS) is 15.7. The molecule has 4 nitrogen and oxygen atoms in total. The average Bonchev–Trinajstić information content (AvgIpc) is 2.67. The molecule has 1 atom stereocenters. The van der Waals surface area contributed by atoms with Crippen molar-refractivity contribution in [1.29, 1.82) is 0 Å². The topological polar surface area (TPSA) is 32.8 Å². The standard InChI is InChI=1S/C22H27ClN2O2/c1-16(2)20-9-4-5-10-21(20)27-17(3)22(26)25-13-11-24(12-14-25)19-8-6-7-18(23)15-19/h4-10,15-17H,11-14H2,1-3H3/t17-/m0/s1. The van der Waals surface area contributed by atoms with E-state index in [1.54, 1.807) is 0 Å². The molecule has 5 heteroatoms. The fourth-order valence-electron chi connectivity index (χ4n) is 3.42. The van der Waals surface area contributed by atoms with Gasteiger partial charge >= 0.3 is 0 Å². The third kappa shape index (κ3) is 4.75. The second-order valence-electron chi connectivity index (χ2n) is 7.24. The molecule has 0 spiro atoms. The van der Waals surface area contributed by atoms with Crippen molar-refractivity contribution in [2.24, 2.45) is 0 Å². The first kappa shape index (κ1) is 19.6. The van der Waals surface area contributed by atoms with E-state index in [9.17, 15) is 4.79 Å². The number of para-hydroxylation sites is 1. The van der Waals surface area contributed by atoms with Crippen LogP contribution in [0.5, 0.6) is 5.75 Å². The van der Waals surface area contributed by atoms with E-state index in [2.05, 4.69) is 30.9 Å². The van der Waals surface area contributed by atoms with Gasteiger partial charge in [-0.3, -0.25) is 4.79 Å². The van der Waals surface area contributed by atoms with Gasteiger partial charge in [-0.15, -0.1) is 0 Å². The number of carbonyl (C=O) groups is 1. The Bertz CT molecular complexity index is 785. The number of anilines is 1. The van der Waals surface area contributed by atoms with Crippen LogP contribution in [0.1, 0.15) is 32.3 Å². The highest BCUT2D eigenvalue weighted by molar-refractivity contribution is 6.30. The van der Waals surface area contributed by atoms with Crippen LogP contribution in [0.3, 0.4) is 0 Å². The lowest BCUT2D eigenvalue weighted by Crippen LogP contribution is -2.52. The van der Waals surface area contributed by atoms with Gasteiger partial charge in [0.25, 0.3) is 5.91 Å². The maximum atomic E-state index is 12.8. The zero-order chi connectivity index (χ0) is 19.4. The molecule has 0 saturated carbocycles. The molecule has 1 fully saturated rings. The number of rotatable bonds is 5. The van der Waals surface area contributed by atoms with E-state index in [4.69, 9.17) is 16.3 Å². The van der Waals surface area contributed by atoms with E-state index in [0.717, 1.165) is 35.1 Å². The molecule has 0 radical (unpaired) electrons. The van der Waals surface area contributed by atoms with Crippen LogP contribution in [0.15, 0.2) is 48.5 Å². The molecule has 1 aliphatic heterocycles. The first-order valence-corrected chi connectivity index (χ1v) is 9.88. The summed E-state index contributed by atoms with van der Waals surface area (Å²) in [7, 11) is 0. The van der Waals surface area contributed by atoms with Gasteiger partial charge in [-0.1, -0.05) is 49.7 Å². The highest BCUT2D eigenvalue weighted by Crippen LogP contribution is 2.27. The van der Waals surface area contributed by atoms with Gasteiger partial charge in [-0.25, -0.2) is 0 Å². The molecule has 3 rings (SSSR count). The number of hydrogen-bond donors (Lipinski definition) is 0. The Morgan fingerprint density at radius 1 is 1.00 bits per heavy atom. The zero-order valence-corrected chi connectivity index (χ0v) is 16.9. The number of hydrogen-bond acceptors (Lipinski definition) is 3. The lowest BCUT2D eigenvalue weighted by Gasteiger charge is -2.37. The summed E-state index contributed by atoms with van der Waals surface area (Å²) in [5, 5.41) is 0.733. The molecule has 1 heterocycles. The minimum Gasteiger partial charge on any atom is -0.481 e. The van der Waals surface area contributed by atoms with Crippen molar-refractivity contribution in [2.75, 3.05) is 31.1 Å². The fourth-order valence-corrected chi connectivity index (χ4v) is 3.61. The molecule has 0 aliphatic carbocycles. The van der Waals surface area contributed by atoms with E-state index in [0.29, 0.717) is 19.0 Å². The molecule has 2 aromatic rings. The summed E-state index contributed by atoms with van der Waals surface area (Å²) in [6.07, 6.45) is -0.498.